The molecular weight excluding hydrogens is 330 g/mol. The average molecular weight is 360 g/mol. The number of fused-ring (bicyclic) bond motifs is 1. The quantitative estimate of drug-likeness (QED) is 0.672. The number of nitrogens with zero attached hydrogens (tertiary/aromatic N) is 2. The van der Waals surface area contributed by atoms with Gasteiger partial charge in [-0.1, -0.05) is 18.2 Å². The zero-order chi connectivity index (χ0) is 17.3. The highest BCUT2D eigenvalue weighted by molar-refractivity contribution is 7.99. The summed E-state index contributed by atoms with van der Waals surface area (Å²) in [6.07, 6.45) is 4.76. The molecular formula is C20H29N3OS. The molecule has 2 heterocycles. The van der Waals surface area contributed by atoms with Crippen molar-refractivity contribution in [2.24, 2.45) is 0 Å². The van der Waals surface area contributed by atoms with Gasteiger partial charge in [0.15, 0.2) is 0 Å². The van der Waals surface area contributed by atoms with Crippen molar-refractivity contribution in [1.29, 1.82) is 0 Å². The molecule has 0 aliphatic carbocycles. The van der Waals surface area contributed by atoms with Crippen LogP contribution in [0.2, 0.25) is 0 Å². The van der Waals surface area contributed by atoms with Crippen LogP contribution in [0.1, 0.15) is 31.2 Å². The molecule has 0 amide bonds. The summed E-state index contributed by atoms with van der Waals surface area (Å²) in [5, 5.41) is 13.6. The van der Waals surface area contributed by atoms with E-state index in [1.807, 2.05) is 11.8 Å². The molecule has 3 rings (SSSR count). The van der Waals surface area contributed by atoms with E-state index in [2.05, 4.69) is 40.5 Å². The number of para-hydroxylation sites is 1. The van der Waals surface area contributed by atoms with E-state index in [-0.39, 0.29) is 0 Å². The normalized spacial score (nSPS) is 15.0. The average Bonchev–Trinajstić information content (AvgIpc) is 2.67. The molecule has 1 aromatic heterocycles. The molecule has 1 fully saturated rings. The van der Waals surface area contributed by atoms with E-state index in [9.17, 15) is 0 Å². The number of nitrogens with one attached hydrogen (secondary N) is 1. The number of benzene rings is 1. The van der Waals surface area contributed by atoms with Gasteiger partial charge in [0.2, 0.25) is 0 Å². The molecule has 0 unspecified atom stereocenters. The first-order valence-corrected chi connectivity index (χ1v) is 10.6. The number of anilines is 1. The van der Waals surface area contributed by atoms with Gasteiger partial charge in [-0.2, -0.15) is 11.8 Å². The monoisotopic (exact) mass is 359 g/mol. The van der Waals surface area contributed by atoms with E-state index in [4.69, 9.17) is 10.1 Å². The number of aliphatic hydroxyl groups excluding tert-OH is 1. The lowest BCUT2D eigenvalue weighted by Crippen LogP contribution is -2.32. The van der Waals surface area contributed by atoms with Gasteiger partial charge in [-0.05, 0) is 43.6 Å². The highest BCUT2D eigenvalue weighted by atomic mass is 32.2. The number of pyridine rings is 1. The Kier molecular flexibility index (Phi) is 7.39. The van der Waals surface area contributed by atoms with Crippen LogP contribution in [-0.2, 0) is 6.54 Å². The molecule has 1 saturated heterocycles. The Morgan fingerprint density at radius 2 is 1.96 bits per heavy atom. The molecule has 2 aromatic rings. The van der Waals surface area contributed by atoms with Gasteiger partial charge in [-0.25, -0.2) is 4.98 Å². The molecule has 136 valence electrons. The first kappa shape index (κ1) is 18.5. The predicted octanol–water partition coefficient (Wildman–Crippen LogP) is 3.43. The van der Waals surface area contributed by atoms with Crippen LogP contribution in [0, 0.1) is 0 Å². The molecule has 0 saturated carbocycles. The topological polar surface area (TPSA) is 48.4 Å². The maximum atomic E-state index is 8.82. The summed E-state index contributed by atoms with van der Waals surface area (Å²) in [6, 6.07) is 10.7. The van der Waals surface area contributed by atoms with Gasteiger partial charge in [0.25, 0.3) is 0 Å². The molecule has 1 aliphatic rings. The highest BCUT2D eigenvalue weighted by Crippen LogP contribution is 2.26. The molecule has 0 radical (unpaired) electrons. The third-order valence-electron chi connectivity index (χ3n) is 4.62. The summed E-state index contributed by atoms with van der Waals surface area (Å²) in [7, 11) is 0. The standard InChI is InChI=1S/C20H29N3OS/c24-12-6-13-25-14-9-21-16-18-15-17-7-2-3-8-19(17)22-20(18)23-10-4-1-5-11-23/h2-3,7-8,15,21,24H,1,4-6,9-14,16H2. The van der Waals surface area contributed by atoms with Crippen LogP contribution in [0.5, 0.6) is 0 Å². The molecule has 4 nitrogen and oxygen atoms in total. The van der Waals surface area contributed by atoms with Crippen molar-refractivity contribution in [3.05, 3.63) is 35.9 Å². The number of thioether (sulfide) groups is 1. The van der Waals surface area contributed by atoms with E-state index >= 15 is 0 Å². The Morgan fingerprint density at radius 3 is 2.80 bits per heavy atom. The number of piperidine rings is 1. The minimum absolute atomic E-state index is 0.294. The Morgan fingerprint density at radius 1 is 1.12 bits per heavy atom. The summed E-state index contributed by atoms with van der Waals surface area (Å²) >= 11 is 1.90. The van der Waals surface area contributed by atoms with Crippen molar-refractivity contribution in [3.63, 3.8) is 0 Å². The number of hydrogen-bond donors (Lipinski definition) is 2. The van der Waals surface area contributed by atoms with Crippen LogP contribution < -0.4 is 10.2 Å². The van der Waals surface area contributed by atoms with Gasteiger partial charge in [-0.15, -0.1) is 0 Å². The molecule has 0 spiro atoms. The van der Waals surface area contributed by atoms with E-state index in [0.29, 0.717) is 6.61 Å². The SMILES string of the molecule is OCCCSCCNCc1cc2ccccc2nc1N1CCCCC1. The Balaban J connectivity index is 1.66. The zero-order valence-electron chi connectivity index (χ0n) is 14.9. The van der Waals surface area contributed by atoms with E-state index in [1.165, 1.54) is 36.0 Å². The van der Waals surface area contributed by atoms with Crippen LogP contribution in [0.4, 0.5) is 5.82 Å². The largest absolute Gasteiger partial charge is 0.396 e. The van der Waals surface area contributed by atoms with Crippen LogP contribution in [0.15, 0.2) is 30.3 Å². The first-order chi connectivity index (χ1) is 12.4. The second-order valence-corrected chi connectivity index (χ2v) is 7.80. The highest BCUT2D eigenvalue weighted by Gasteiger charge is 2.16. The molecule has 0 bridgehead atoms. The fourth-order valence-electron chi connectivity index (χ4n) is 3.30. The Hall–Kier alpha value is -1.30. The van der Waals surface area contributed by atoms with Crippen molar-refractivity contribution in [2.45, 2.75) is 32.2 Å². The molecule has 2 N–H and O–H groups in total. The van der Waals surface area contributed by atoms with E-state index in [0.717, 1.165) is 49.6 Å². The fourth-order valence-corrected chi connectivity index (χ4v) is 4.12. The van der Waals surface area contributed by atoms with Crippen molar-refractivity contribution in [2.75, 3.05) is 42.6 Å². The number of aliphatic hydroxyl groups is 1. The molecule has 5 heteroatoms. The molecule has 0 atom stereocenters. The third-order valence-corrected chi connectivity index (χ3v) is 5.69. The smallest absolute Gasteiger partial charge is 0.133 e. The van der Waals surface area contributed by atoms with Gasteiger partial charge in [0, 0.05) is 49.5 Å². The van der Waals surface area contributed by atoms with E-state index in [1.54, 1.807) is 0 Å². The van der Waals surface area contributed by atoms with Gasteiger partial charge >= 0.3 is 0 Å². The third kappa shape index (κ3) is 5.33. The van der Waals surface area contributed by atoms with Gasteiger partial charge in [0.1, 0.15) is 5.82 Å². The second kappa shape index (κ2) is 10.00. The van der Waals surface area contributed by atoms with Crippen molar-refractivity contribution in [1.82, 2.24) is 10.3 Å². The fraction of sp³-hybridized carbons (Fsp3) is 0.550. The summed E-state index contributed by atoms with van der Waals surface area (Å²) in [5.41, 5.74) is 2.40. The number of rotatable bonds is 9. The minimum Gasteiger partial charge on any atom is -0.396 e. The summed E-state index contributed by atoms with van der Waals surface area (Å²) in [6.45, 7) is 4.39. The van der Waals surface area contributed by atoms with Crippen LogP contribution in [0.25, 0.3) is 10.9 Å². The van der Waals surface area contributed by atoms with Gasteiger partial charge < -0.3 is 15.3 Å². The lowest BCUT2D eigenvalue weighted by molar-refractivity contribution is 0.296. The molecule has 1 aliphatic heterocycles. The van der Waals surface area contributed by atoms with Crippen LogP contribution in [0.3, 0.4) is 0 Å². The second-order valence-electron chi connectivity index (χ2n) is 6.58. The minimum atomic E-state index is 0.294. The summed E-state index contributed by atoms with van der Waals surface area (Å²) in [5.74, 6) is 3.29. The van der Waals surface area contributed by atoms with Gasteiger partial charge in [0.05, 0.1) is 5.52 Å². The Bertz CT molecular complexity index is 658. The lowest BCUT2D eigenvalue weighted by atomic mass is 10.1. The van der Waals surface area contributed by atoms with Crippen molar-refractivity contribution < 1.29 is 5.11 Å². The molecule has 1 aromatic carbocycles. The maximum absolute atomic E-state index is 8.82. The van der Waals surface area contributed by atoms with Crippen LogP contribution in [-0.4, -0.2) is 47.8 Å². The van der Waals surface area contributed by atoms with Crippen molar-refractivity contribution >= 4 is 28.5 Å². The Labute approximate surface area is 155 Å². The first-order valence-electron chi connectivity index (χ1n) is 9.41. The van der Waals surface area contributed by atoms with Crippen molar-refractivity contribution in [3.8, 4) is 0 Å². The molecule has 25 heavy (non-hydrogen) atoms. The lowest BCUT2D eigenvalue weighted by Gasteiger charge is -2.30. The van der Waals surface area contributed by atoms with Crippen LogP contribution >= 0.6 is 11.8 Å². The van der Waals surface area contributed by atoms with E-state index < -0.39 is 0 Å². The summed E-state index contributed by atoms with van der Waals surface area (Å²) < 4.78 is 0. The zero-order valence-corrected chi connectivity index (χ0v) is 15.7. The number of aromatic nitrogens is 1. The van der Waals surface area contributed by atoms with Gasteiger partial charge in [-0.3, -0.25) is 0 Å². The number of hydrogen-bond acceptors (Lipinski definition) is 5. The predicted molar refractivity (Wildman–Crippen MR) is 109 cm³/mol. The summed E-state index contributed by atoms with van der Waals surface area (Å²) in [4.78, 5) is 7.45. The maximum Gasteiger partial charge on any atom is 0.133 e.